The molecule has 0 bridgehead atoms. The van der Waals surface area contributed by atoms with E-state index >= 15 is 0 Å². The highest BCUT2D eigenvalue weighted by Gasteiger charge is 2.20. The summed E-state index contributed by atoms with van der Waals surface area (Å²) in [7, 11) is 2.00. The van der Waals surface area contributed by atoms with Crippen LogP contribution in [0.1, 0.15) is 80.8 Å². The van der Waals surface area contributed by atoms with Crippen molar-refractivity contribution in [2.75, 3.05) is 19.3 Å². The van der Waals surface area contributed by atoms with E-state index in [0.29, 0.717) is 34.0 Å². The average Bonchev–Trinajstić information content (AvgIpc) is 3.77. The lowest BCUT2D eigenvalue weighted by Crippen LogP contribution is -2.14. The molecular weight excluding hydrogens is 723 g/mol. The number of benzene rings is 4. The number of amides is 2. The van der Waals surface area contributed by atoms with Crippen molar-refractivity contribution in [2.45, 2.75) is 61.3 Å². The molecule has 0 fully saturated rings. The van der Waals surface area contributed by atoms with Crippen molar-refractivity contribution >= 4 is 52.2 Å². The number of carbonyl (C=O) groups is 2. The van der Waals surface area contributed by atoms with Gasteiger partial charge >= 0.3 is 0 Å². The summed E-state index contributed by atoms with van der Waals surface area (Å²) in [5.41, 5.74) is 31.2. The molecule has 0 atom stereocenters. The number of carbonyl (C=O) groups excluding carboxylic acids is 2. The van der Waals surface area contributed by atoms with E-state index in [9.17, 15) is 9.59 Å². The number of nitrogens with zero attached hydrogens (tertiary/aromatic N) is 4. The predicted molar refractivity (Wildman–Crippen MR) is 230 cm³/mol. The fourth-order valence-electron chi connectivity index (χ4n) is 5.88. The predicted octanol–water partition coefficient (Wildman–Crippen LogP) is 9.04. The minimum atomic E-state index is -0.440. The third-order valence-corrected chi connectivity index (χ3v) is 11.5. The van der Waals surface area contributed by atoms with Crippen LogP contribution in [0.25, 0.3) is 22.5 Å². The molecule has 0 radical (unpaired) electrons. The first-order valence-corrected chi connectivity index (χ1v) is 19.7. The maximum atomic E-state index is 12.0. The molecule has 0 unspecified atom stereocenters. The number of aliphatic imine (C=N–C) groups is 1. The Morgan fingerprint density at radius 1 is 0.673 bits per heavy atom. The van der Waals surface area contributed by atoms with Gasteiger partial charge in [0.25, 0.3) is 11.8 Å². The Kier molecular flexibility index (Phi) is 13.0. The lowest BCUT2D eigenvalue weighted by atomic mass is 10.0. The summed E-state index contributed by atoms with van der Waals surface area (Å²) >= 11 is 2.74. The lowest BCUT2D eigenvalue weighted by molar-refractivity contribution is 0.0996. The summed E-state index contributed by atoms with van der Waals surface area (Å²) < 4.78 is 0. The van der Waals surface area contributed by atoms with E-state index < -0.39 is 11.8 Å². The molecule has 11 heteroatoms. The third kappa shape index (κ3) is 10.1. The molecular formula is C44H49N7O2S2. The fourth-order valence-corrected chi connectivity index (χ4v) is 7.80. The van der Waals surface area contributed by atoms with Crippen LogP contribution in [-0.4, -0.2) is 46.6 Å². The second kappa shape index (κ2) is 17.7. The normalized spacial score (nSPS) is 11.1. The van der Waals surface area contributed by atoms with E-state index in [0.717, 1.165) is 78.0 Å². The molecule has 0 aliphatic carbocycles. The summed E-state index contributed by atoms with van der Waals surface area (Å²) in [5, 5.41) is 1.75. The molecule has 0 aliphatic rings. The highest BCUT2D eigenvalue weighted by atomic mass is 32.1. The molecule has 6 aromatic rings. The van der Waals surface area contributed by atoms with Gasteiger partial charge in [0.05, 0.1) is 33.4 Å². The van der Waals surface area contributed by atoms with Crippen molar-refractivity contribution in [3.8, 4) is 22.5 Å². The monoisotopic (exact) mass is 771 g/mol. The SMILES string of the molecule is CCN(C)C=Nc1cc(C)c(Cc2nc(-c3ccc(C)cc3)c(C(N)=O)s2)cc1C.Cc1ccc(-c2nc(Cc3cc(C)c(N)cc3C)sc2C(N)=O)cc1. The number of hydrogen-bond acceptors (Lipinski definition) is 8. The average molecular weight is 772 g/mol. The number of nitrogens with two attached hydrogens (primary N) is 3. The number of aryl methyl sites for hydroxylation is 6. The topological polar surface area (TPSA) is 154 Å². The first-order valence-electron chi connectivity index (χ1n) is 18.1. The minimum Gasteiger partial charge on any atom is -0.399 e. The number of nitrogen functional groups attached to an aromatic ring is 1. The van der Waals surface area contributed by atoms with E-state index in [1.807, 2.05) is 101 Å². The molecule has 284 valence electrons. The van der Waals surface area contributed by atoms with Crippen LogP contribution in [0.15, 0.2) is 77.8 Å². The van der Waals surface area contributed by atoms with Gasteiger partial charge < -0.3 is 22.1 Å². The van der Waals surface area contributed by atoms with Gasteiger partial charge in [0.1, 0.15) is 9.75 Å². The molecule has 6 rings (SSSR count). The molecule has 2 aromatic heterocycles. The Hall–Kier alpha value is -5.65. The van der Waals surface area contributed by atoms with Crippen molar-refractivity contribution in [1.29, 1.82) is 0 Å². The molecule has 55 heavy (non-hydrogen) atoms. The molecule has 0 aliphatic heterocycles. The summed E-state index contributed by atoms with van der Waals surface area (Å²) in [6.07, 6.45) is 3.17. The van der Waals surface area contributed by atoms with Crippen molar-refractivity contribution < 1.29 is 9.59 Å². The molecule has 9 nitrogen and oxygen atoms in total. The molecule has 0 spiro atoms. The Labute approximate surface area is 332 Å². The van der Waals surface area contributed by atoms with Crippen LogP contribution in [-0.2, 0) is 12.8 Å². The molecule has 2 heterocycles. The summed E-state index contributed by atoms with van der Waals surface area (Å²) in [5.74, 6) is -0.878. The minimum absolute atomic E-state index is 0.438. The zero-order chi connectivity index (χ0) is 40.0. The van der Waals surface area contributed by atoms with E-state index in [1.165, 1.54) is 28.2 Å². The number of aromatic nitrogens is 2. The van der Waals surface area contributed by atoms with Gasteiger partial charge in [-0.05, 0) is 94.0 Å². The van der Waals surface area contributed by atoms with Gasteiger partial charge in [-0.15, -0.1) is 22.7 Å². The van der Waals surface area contributed by atoms with Crippen LogP contribution >= 0.6 is 22.7 Å². The van der Waals surface area contributed by atoms with Gasteiger partial charge in [0.2, 0.25) is 0 Å². The smallest absolute Gasteiger partial charge is 0.261 e. The summed E-state index contributed by atoms with van der Waals surface area (Å²) in [6.45, 7) is 15.2. The van der Waals surface area contributed by atoms with Gasteiger partial charge in [0.15, 0.2) is 0 Å². The quantitative estimate of drug-likeness (QED) is 0.0679. The van der Waals surface area contributed by atoms with Gasteiger partial charge in [-0.3, -0.25) is 9.59 Å². The summed E-state index contributed by atoms with van der Waals surface area (Å²) in [6, 6.07) is 24.3. The molecule has 4 aromatic carbocycles. The highest BCUT2D eigenvalue weighted by Crippen LogP contribution is 2.33. The first kappa shape index (κ1) is 40.5. The van der Waals surface area contributed by atoms with Crippen LogP contribution in [0.2, 0.25) is 0 Å². The van der Waals surface area contributed by atoms with E-state index in [2.05, 4.69) is 44.0 Å². The van der Waals surface area contributed by atoms with Gasteiger partial charge in [-0.2, -0.15) is 0 Å². The molecule has 6 N–H and O–H groups in total. The second-order valence-corrected chi connectivity index (χ2v) is 16.1. The van der Waals surface area contributed by atoms with Crippen LogP contribution < -0.4 is 17.2 Å². The van der Waals surface area contributed by atoms with Crippen LogP contribution in [0, 0.1) is 41.5 Å². The van der Waals surface area contributed by atoms with Crippen LogP contribution in [0.5, 0.6) is 0 Å². The standard InChI is InChI=1S/C24H28N4OS.C20H21N3OS/c1-6-28(5)14-26-20-12-16(3)19(11-17(20)4)13-21-27-22(23(30-21)24(25)29)18-9-7-15(2)8-10-18;1-11-4-6-14(7-5-11)18-19(20(22)24)25-17(23-18)10-15-8-13(3)16(21)9-12(15)2/h7-12,14H,6,13H2,1-5H3,(H2,25,29);4-9H,10,21H2,1-3H3,(H2,22,24). The van der Waals surface area contributed by atoms with Gasteiger partial charge in [0, 0.05) is 43.2 Å². The molecule has 0 saturated heterocycles. The Bertz CT molecular complexity index is 2360. The number of thiazole rings is 2. The zero-order valence-corrected chi connectivity index (χ0v) is 34.4. The van der Waals surface area contributed by atoms with Crippen LogP contribution in [0.3, 0.4) is 0 Å². The van der Waals surface area contributed by atoms with Gasteiger partial charge in [-0.25, -0.2) is 15.0 Å². The van der Waals surface area contributed by atoms with Crippen LogP contribution in [0.4, 0.5) is 11.4 Å². The van der Waals surface area contributed by atoms with Crippen molar-refractivity contribution in [3.05, 3.63) is 137 Å². The van der Waals surface area contributed by atoms with E-state index in [1.54, 1.807) is 0 Å². The summed E-state index contributed by atoms with van der Waals surface area (Å²) in [4.78, 5) is 41.0. The lowest BCUT2D eigenvalue weighted by Gasteiger charge is -2.11. The first-order chi connectivity index (χ1) is 26.1. The number of hydrogen-bond donors (Lipinski definition) is 3. The third-order valence-electron chi connectivity index (χ3n) is 9.40. The highest BCUT2D eigenvalue weighted by molar-refractivity contribution is 7.14. The maximum Gasteiger partial charge on any atom is 0.261 e. The molecule has 2 amide bonds. The second-order valence-electron chi connectivity index (χ2n) is 13.9. The number of rotatable bonds is 11. The molecule has 0 saturated carbocycles. The Morgan fingerprint density at radius 3 is 1.55 bits per heavy atom. The fraction of sp³-hybridized carbons (Fsp3) is 0.250. The number of primary amides is 2. The number of anilines is 1. The largest absolute Gasteiger partial charge is 0.399 e. The maximum absolute atomic E-state index is 12.0. The van der Waals surface area contributed by atoms with Crippen molar-refractivity contribution in [1.82, 2.24) is 14.9 Å². The van der Waals surface area contributed by atoms with Crippen molar-refractivity contribution in [3.63, 3.8) is 0 Å². The van der Waals surface area contributed by atoms with Gasteiger partial charge in [-0.1, -0.05) is 71.8 Å². The van der Waals surface area contributed by atoms with E-state index in [-0.39, 0.29) is 0 Å². The zero-order valence-electron chi connectivity index (χ0n) is 32.8. The van der Waals surface area contributed by atoms with Crippen molar-refractivity contribution in [2.24, 2.45) is 16.5 Å². The Balaban J connectivity index is 0.000000214. The Morgan fingerprint density at radius 2 is 1.11 bits per heavy atom. The van der Waals surface area contributed by atoms with E-state index in [4.69, 9.17) is 27.2 Å².